The number of nitrogens with two attached hydrogens (primary N) is 1. The number of piperidine rings is 1. The average Bonchev–Trinajstić information content (AvgIpc) is 2.30. The lowest BCUT2D eigenvalue weighted by Crippen LogP contribution is -2.46. The van der Waals surface area contributed by atoms with E-state index in [1.165, 1.54) is 17.7 Å². The molecule has 1 saturated heterocycles. The van der Waals surface area contributed by atoms with Crippen molar-refractivity contribution in [2.75, 3.05) is 13.1 Å². The van der Waals surface area contributed by atoms with Gasteiger partial charge in [0.25, 0.3) is 0 Å². The molecule has 94 valence electrons. The van der Waals surface area contributed by atoms with Crippen LogP contribution < -0.4 is 5.73 Å². The number of nitrogens with zero attached hydrogens (tertiary/aromatic N) is 1. The van der Waals surface area contributed by atoms with Gasteiger partial charge in [-0.3, -0.25) is 0 Å². The van der Waals surface area contributed by atoms with Crippen LogP contribution in [0.5, 0.6) is 0 Å². The first-order chi connectivity index (χ1) is 8.15. The lowest BCUT2D eigenvalue weighted by molar-refractivity contribution is 0.149. The Hall–Kier alpha value is -0.930. The standard InChI is InChI=1S/C14H21FN2/c1-11-10-14(16)7-9-17(11)8-6-12-2-4-13(15)5-3-12/h2-5,11,14H,6-10,16H2,1H3. The maximum Gasteiger partial charge on any atom is 0.123 e. The summed E-state index contributed by atoms with van der Waals surface area (Å²) in [4.78, 5) is 2.48. The van der Waals surface area contributed by atoms with E-state index < -0.39 is 0 Å². The molecule has 1 aliphatic rings. The molecule has 0 spiro atoms. The zero-order valence-electron chi connectivity index (χ0n) is 10.4. The molecule has 1 aliphatic heterocycles. The molecule has 2 atom stereocenters. The predicted octanol–water partition coefficient (Wildman–Crippen LogP) is 2.18. The van der Waals surface area contributed by atoms with Crippen LogP contribution in [0.3, 0.4) is 0 Å². The Morgan fingerprint density at radius 1 is 1.35 bits per heavy atom. The fourth-order valence-electron chi connectivity index (χ4n) is 2.51. The second kappa shape index (κ2) is 5.61. The summed E-state index contributed by atoms with van der Waals surface area (Å²) in [6.07, 6.45) is 3.16. The molecule has 1 fully saturated rings. The highest BCUT2D eigenvalue weighted by Crippen LogP contribution is 2.16. The molecule has 1 aromatic rings. The minimum absolute atomic E-state index is 0.161. The first-order valence-electron chi connectivity index (χ1n) is 6.39. The molecule has 2 N–H and O–H groups in total. The third kappa shape index (κ3) is 3.51. The zero-order chi connectivity index (χ0) is 12.3. The van der Waals surface area contributed by atoms with Crippen LogP contribution in [-0.2, 0) is 6.42 Å². The van der Waals surface area contributed by atoms with Crippen molar-refractivity contribution in [1.29, 1.82) is 0 Å². The average molecular weight is 236 g/mol. The van der Waals surface area contributed by atoms with Crippen LogP contribution in [0.2, 0.25) is 0 Å². The summed E-state index contributed by atoms with van der Waals surface area (Å²) in [6, 6.07) is 7.74. The van der Waals surface area contributed by atoms with Crippen LogP contribution in [0.1, 0.15) is 25.3 Å². The topological polar surface area (TPSA) is 29.3 Å². The van der Waals surface area contributed by atoms with Gasteiger partial charge in [-0.1, -0.05) is 12.1 Å². The van der Waals surface area contributed by atoms with E-state index in [-0.39, 0.29) is 5.82 Å². The van der Waals surface area contributed by atoms with Gasteiger partial charge in [0.1, 0.15) is 5.82 Å². The summed E-state index contributed by atoms with van der Waals surface area (Å²) in [7, 11) is 0. The molecular weight excluding hydrogens is 215 g/mol. The van der Waals surface area contributed by atoms with Crippen LogP contribution in [0.4, 0.5) is 4.39 Å². The Morgan fingerprint density at radius 2 is 2.06 bits per heavy atom. The molecule has 1 aromatic carbocycles. The first-order valence-corrected chi connectivity index (χ1v) is 6.39. The highest BCUT2D eigenvalue weighted by Gasteiger charge is 2.22. The van der Waals surface area contributed by atoms with Gasteiger partial charge in [0.15, 0.2) is 0 Å². The van der Waals surface area contributed by atoms with Gasteiger partial charge >= 0.3 is 0 Å². The largest absolute Gasteiger partial charge is 0.328 e. The van der Waals surface area contributed by atoms with Crippen LogP contribution in [0, 0.1) is 5.82 Å². The van der Waals surface area contributed by atoms with Crippen molar-refractivity contribution in [3.63, 3.8) is 0 Å². The molecule has 0 saturated carbocycles. The molecule has 0 aliphatic carbocycles. The van der Waals surface area contributed by atoms with Crippen molar-refractivity contribution in [3.05, 3.63) is 35.6 Å². The summed E-state index contributed by atoms with van der Waals surface area (Å²) in [5.74, 6) is -0.161. The first kappa shape index (κ1) is 12.5. The Kier molecular flexibility index (Phi) is 4.13. The van der Waals surface area contributed by atoms with Gasteiger partial charge in [-0.2, -0.15) is 0 Å². The van der Waals surface area contributed by atoms with E-state index >= 15 is 0 Å². The van der Waals surface area contributed by atoms with Crippen molar-refractivity contribution >= 4 is 0 Å². The fraction of sp³-hybridized carbons (Fsp3) is 0.571. The minimum Gasteiger partial charge on any atom is -0.328 e. The molecule has 2 unspecified atom stereocenters. The van der Waals surface area contributed by atoms with Crippen molar-refractivity contribution in [1.82, 2.24) is 4.90 Å². The Bertz CT molecular complexity index is 350. The second-order valence-electron chi connectivity index (χ2n) is 5.05. The highest BCUT2D eigenvalue weighted by molar-refractivity contribution is 5.16. The summed E-state index contributed by atoms with van der Waals surface area (Å²) in [5.41, 5.74) is 7.15. The fourth-order valence-corrected chi connectivity index (χ4v) is 2.51. The van der Waals surface area contributed by atoms with Gasteiger partial charge < -0.3 is 10.6 Å². The number of hydrogen-bond acceptors (Lipinski definition) is 2. The highest BCUT2D eigenvalue weighted by atomic mass is 19.1. The van der Waals surface area contributed by atoms with E-state index in [2.05, 4.69) is 11.8 Å². The maximum atomic E-state index is 12.8. The van der Waals surface area contributed by atoms with Crippen LogP contribution in [0.25, 0.3) is 0 Å². The van der Waals surface area contributed by atoms with E-state index in [0.717, 1.165) is 32.4 Å². The van der Waals surface area contributed by atoms with E-state index in [1.54, 1.807) is 0 Å². The van der Waals surface area contributed by atoms with Gasteiger partial charge in [-0.05, 0) is 50.4 Å². The Morgan fingerprint density at radius 3 is 2.71 bits per heavy atom. The lowest BCUT2D eigenvalue weighted by atomic mass is 9.98. The number of likely N-dealkylation sites (tertiary alicyclic amines) is 1. The van der Waals surface area contributed by atoms with Gasteiger partial charge in [0.2, 0.25) is 0 Å². The van der Waals surface area contributed by atoms with Gasteiger partial charge in [0, 0.05) is 18.6 Å². The molecule has 3 heteroatoms. The van der Waals surface area contributed by atoms with Crippen LogP contribution in [0.15, 0.2) is 24.3 Å². The summed E-state index contributed by atoms with van der Waals surface area (Å²) in [5, 5.41) is 0. The summed E-state index contributed by atoms with van der Waals surface area (Å²) in [6.45, 7) is 4.37. The zero-order valence-corrected chi connectivity index (χ0v) is 10.4. The molecule has 1 heterocycles. The Balaban J connectivity index is 1.83. The molecule has 0 amide bonds. The van der Waals surface area contributed by atoms with E-state index in [9.17, 15) is 4.39 Å². The molecule has 0 aromatic heterocycles. The van der Waals surface area contributed by atoms with Crippen molar-refractivity contribution < 1.29 is 4.39 Å². The maximum absolute atomic E-state index is 12.8. The second-order valence-corrected chi connectivity index (χ2v) is 5.05. The van der Waals surface area contributed by atoms with Crippen molar-refractivity contribution in [2.45, 2.75) is 38.3 Å². The summed E-state index contributed by atoms with van der Waals surface area (Å²) >= 11 is 0. The van der Waals surface area contributed by atoms with Gasteiger partial charge in [-0.25, -0.2) is 4.39 Å². The number of halogens is 1. The quantitative estimate of drug-likeness (QED) is 0.871. The SMILES string of the molecule is CC1CC(N)CCN1CCc1ccc(F)cc1. The Labute approximate surface area is 103 Å². The van der Waals surface area contributed by atoms with Gasteiger partial charge in [0.05, 0.1) is 0 Å². The van der Waals surface area contributed by atoms with Crippen LogP contribution >= 0.6 is 0 Å². The normalized spacial score (nSPS) is 26.1. The monoisotopic (exact) mass is 236 g/mol. The number of hydrogen-bond donors (Lipinski definition) is 1. The number of rotatable bonds is 3. The third-order valence-electron chi connectivity index (χ3n) is 3.66. The lowest BCUT2D eigenvalue weighted by Gasteiger charge is -2.36. The molecule has 2 rings (SSSR count). The summed E-state index contributed by atoms with van der Waals surface area (Å²) < 4.78 is 12.8. The van der Waals surface area contributed by atoms with E-state index in [4.69, 9.17) is 5.73 Å². The predicted molar refractivity (Wildman–Crippen MR) is 68.3 cm³/mol. The van der Waals surface area contributed by atoms with E-state index in [0.29, 0.717) is 12.1 Å². The van der Waals surface area contributed by atoms with Crippen molar-refractivity contribution in [3.8, 4) is 0 Å². The van der Waals surface area contributed by atoms with Crippen LogP contribution in [-0.4, -0.2) is 30.1 Å². The van der Waals surface area contributed by atoms with E-state index in [1.807, 2.05) is 12.1 Å². The van der Waals surface area contributed by atoms with Crippen molar-refractivity contribution in [2.24, 2.45) is 5.73 Å². The van der Waals surface area contributed by atoms with Gasteiger partial charge in [-0.15, -0.1) is 0 Å². The molecular formula is C14H21FN2. The molecule has 0 radical (unpaired) electrons. The third-order valence-corrected chi connectivity index (χ3v) is 3.66. The minimum atomic E-state index is -0.161. The molecule has 0 bridgehead atoms. The molecule has 2 nitrogen and oxygen atoms in total. The number of benzene rings is 1. The molecule has 17 heavy (non-hydrogen) atoms. The smallest absolute Gasteiger partial charge is 0.123 e.